The Hall–Kier alpha value is -3.08. The summed E-state index contributed by atoms with van der Waals surface area (Å²) < 4.78 is 29.7. The number of amides is 1. The van der Waals surface area contributed by atoms with Gasteiger partial charge in [-0.1, -0.05) is 36.0 Å². The Morgan fingerprint density at radius 1 is 1.23 bits per heavy atom. The third kappa shape index (κ3) is 3.97. The molecule has 31 heavy (non-hydrogen) atoms. The van der Waals surface area contributed by atoms with Crippen LogP contribution in [-0.4, -0.2) is 21.2 Å². The Morgan fingerprint density at radius 3 is 2.71 bits per heavy atom. The number of fused-ring (bicyclic) bond motifs is 1. The minimum absolute atomic E-state index is 0.0890. The number of aryl methyl sites for hydroxylation is 1. The summed E-state index contributed by atoms with van der Waals surface area (Å²) in [7, 11) is 0. The fourth-order valence-electron chi connectivity index (χ4n) is 3.24. The zero-order chi connectivity index (χ0) is 22.1. The molecule has 0 spiro atoms. The molecule has 0 fully saturated rings. The molecule has 0 unspecified atom stereocenters. The molecule has 0 radical (unpaired) electrons. The average molecular weight is 459 g/mol. The summed E-state index contributed by atoms with van der Waals surface area (Å²) in [6.07, 6.45) is 0. The standard InChI is InChI=1S/C21H16F2N4O2S2/c1-11-17(14-7-2-3-8-15(14)23)18-19(31-11)25-21(30-10-16(28)26-24)27(20(18)29)13-6-4-5-12(22)9-13/h2-9H,10,24H2,1H3,(H,26,28). The van der Waals surface area contributed by atoms with E-state index < -0.39 is 23.1 Å². The van der Waals surface area contributed by atoms with Crippen LogP contribution in [0.2, 0.25) is 0 Å². The highest BCUT2D eigenvalue weighted by molar-refractivity contribution is 7.99. The number of carbonyl (C=O) groups excluding carboxylic acids is 1. The van der Waals surface area contributed by atoms with Gasteiger partial charge in [0.25, 0.3) is 5.56 Å². The van der Waals surface area contributed by atoms with Gasteiger partial charge in [0.2, 0.25) is 5.91 Å². The van der Waals surface area contributed by atoms with Gasteiger partial charge in [0.15, 0.2) is 5.16 Å². The van der Waals surface area contributed by atoms with Crippen LogP contribution in [0.1, 0.15) is 4.88 Å². The fraction of sp³-hybridized carbons (Fsp3) is 0.0952. The van der Waals surface area contributed by atoms with Gasteiger partial charge < -0.3 is 0 Å². The summed E-state index contributed by atoms with van der Waals surface area (Å²) in [5, 5.41) is 0.442. The Balaban J connectivity index is 2.03. The number of nitrogens with zero attached hydrogens (tertiary/aromatic N) is 2. The van der Waals surface area contributed by atoms with Crippen LogP contribution in [0.5, 0.6) is 0 Å². The van der Waals surface area contributed by atoms with Gasteiger partial charge in [-0.25, -0.2) is 19.6 Å². The van der Waals surface area contributed by atoms with Crippen molar-refractivity contribution in [2.24, 2.45) is 5.84 Å². The average Bonchev–Trinajstić information content (AvgIpc) is 3.08. The van der Waals surface area contributed by atoms with Crippen LogP contribution in [0.15, 0.2) is 58.5 Å². The molecule has 4 aromatic rings. The smallest absolute Gasteiger partial charge is 0.268 e. The third-order valence-corrected chi connectivity index (χ3v) is 6.51. The molecule has 10 heteroatoms. The van der Waals surface area contributed by atoms with E-state index in [-0.39, 0.29) is 22.0 Å². The monoisotopic (exact) mass is 458 g/mol. The minimum atomic E-state index is -0.532. The Labute approximate surface area is 183 Å². The fourth-order valence-corrected chi connectivity index (χ4v) is 5.14. The van der Waals surface area contributed by atoms with E-state index in [0.29, 0.717) is 16.0 Å². The van der Waals surface area contributed by atoms with Crippen LogP contribution < -0.4 is 16.8 Å². The van der Waals surface area contributed by atoms with E-state index in [0.717, 1.165) is 16.6 Å². The van der Waals surface area contributed by atoms with E-state index in [9.17, 15) is 18.4 Å². The summed E-state index contributed by atoms with van der Waals surface area (Å²) in [6, 6.07) is 11.7. The van der Waals surface area contributed by atoms with Crippen LogP contribution in [0.25, 0.3) is 27.0 Å². The van der Waals surface area contributed by atoms with Crippen LogP contribution in [0.4, 0.5) is 8.78 Å². The number of hydrogen-bond donors (Lipinski definition) is 2. The first-order chi connectivity index (χ1) is 14.9. The molecular formula is C21H16F2N4O2S2. The zero-order valence-electron chi connectivity index (χ0n) is 16.2. The summed E-state index contributed by atoms with van der Waals surface area (Å²) in [5.74, 6) is 3.61. The molecule has 0 aliphatic rings. The molecule has 0 aliphatic heterocycles. The molecule has 6 nitrogen and oxygen atoms in total. The number of carbonyl (C=O) groups is 1. The number of nitrogens with one attached hydrogen (secondary N) is 1. The molecule has 2 aromatic heterocycles. The number of halogens is 2. The molecule has 0 atom stereocenters. The molecule has 2 heterocycles. The molecule has 158 valence electrons. The van der Waals surface area contributed by atoms with Crippen LogP contribution in [-0.2, 0) is 4.79 Å². The second-order valence-electron chi connectivity index (χ2n) is 6.56. The summed E-state index contributed by atoms with van der Waals surface area (Å²) >= 11 is 2.25. The largest absolute Gasteiger partial charge is 0.294 e. The first-order valence-electron chi connectivity index (χ1n) is 9.10. The van der Waals surface area contributed by atoms with Crippen molar-refractivity contribution in [1.29, 1.82) is 0 Å². The lowest BCUT2D eigenvalue weighted by atomic mass is 10.0. The predicted molar refractivity (Wildman–Crippen MR) is 118 cm³/mol. The second-order valence-corrected chi connectivity index (χ2v) is 8.71. The SMILES string of the molecule is Cc1sc2nc(SCC(=O)NN)n(-c3cccc(F)c3)c(=O)c2c1-c1ccccc1F. The molecule has 1 amide bonds. The van der Waals surface area contributed by atoms with E-state index in [4.69, 9.17) is 5.84 Å². The van der Waals surface area contributed by atoms with Gasteiger partial charge in [-0.15, -0.1) is 11.3 Å². The van der Waals surface area contributed by atoms with Gasteiger partial charge >= 0.3 is 0 Å². The number of thioether (sulfide) groups is 1. The van der Waals surface area contributed by atoms with Gasteiger partial charge in [-0.2, -0.15) is 0 Å². The topological polar surface area (TPSA) is 90.0 Å². The quantitative estimate of drug-likeness (QED) is 0.156. The van der Waals surface area contributed by atoms with E-state index in [1.54, 1.807) is 31.2 Å². The first-order valence-corrected chi connectivity index (χ1v) is 10.9. The molecular weight excluding hydrogens is 442 g/mol. The Kier molecular flexibility index (Phi) is 5.86. The molecule has 0 saturated carbocycles. The zero-order valence-corrected chi connectivity index (χ0v) is 17.8. The summed E-state index contributed by atoms with van der Waals surface area (Å²) in [5.41, 5.74) is 2.54. The number of hydrogen-bond acceptors (Lipinski definition) is 6. The Morgan fingerprint density at radius 2 is 2.00 bits per heavy atom. The highest BCUT2D eigenvalue weighted by Gasteiger charge is 2.22. The number of thiophene rings is 1. The van der Waals surface area contributed by atoms with Crippen molar-refractivity contribution in [2.75, 3.05) is 5.75 Å². The molecule has 3 N–H and O–H groups in total. The summed E-state index contributed by atoms with van der Waals surface area (Å²) in [4.78, 5) is 31.0. The van der Waals surface area contributed by atoms with Crippen molar-refractivity contribution < 1.29 is 13.6 Å². The van der Waals surface area contributed by atoms with Gasteiger partial charge in [0, 0.05) is 16.0 Å². The number of nitrogens with two attached hydrogens (primary N) is 1. The maximum Gasteiger partial charge on any atom is 0.268 e. The predicted octanol–water partition coefficient (Wildman–Crippen LogP) is 3.78. The van der Waals surface area contributed by atoms with E-state index in [1.807, 2.05) is 5.43 Å². The lowest BCUT2D eigenvalue weighted by Crippen LogP contribution is -2.32. The van der Waals surface area contributed by atoms with Crippen LogP contribution >= 0.6 is 23.1 Å². The van der Waals surface area contributed by atoms with Crippen molar-refractivity contribution in [3.05, 3.63) is 75.4 Å². The van der Waals surface area contributed by atoms with Crippen molar-refractivity contribution in [3.8, 4) is 16.8 Å². The number of hydrazine groups is 1. The van der Waals surface area contributed by atoms with Gasteiger partial charge in [-0.3, -0.25) is 19.6 Å². The van der Waals surface area contributed by atoms with E-state index >= 15 is 0 Å². The van der Waals surface area contributed by atoms with Gasteiger partial charge in [0.05, 0.1) is 16.8 Å². The number of aromatic nitrogens is 2. The maximum atomic E-state index is 14.6. The molecule has 2 aromatic carbocycles. The first kappa shape index (κ1) is 21.2. The molecule has 0 bridgehead atoms. The van der Waals surface area contributed by atoms with Crippen molar-refractivity contribution >= 4 is 39.2 Å². The molecule has 4 rings (SSSR count). The molecule has 0 saturated heterocycles. The highest BCUT2D eigenvalue weighted by Crippen LogP contribution is 2.38. The maximum absolute atomic E-state index is 14.6. The minimum Gasteiger partial charge on any atom is -0.294 e. The third-order valence-electron chi connectivity index (χ3n) is 4.57. The van der Waals surface area contributed by atoms with Crippen LogP contribution in [0.3, 0.4) is 0 Å². The Bertz CT molecular complexity index is 1370. The highest BCUT2D eigenvalue weighted by atomic mass is 32.2. The van der Waals surface area contributed by atoms with Crippen molar-refractivity contribution in [1.82, 2.24) is 15.0 Å². The lowest BCUT2D eigenvalue weighted by Gasteiger charge is -2.12. The molecule has 0 aliphatic carbocycles. The normalized spacial score (nSPS) is 11.1. The summed E-state index contributed by atoms with van der Waals surface area (Å²) in [6.45, 7) is 1.79. The van der Waals surface area contributed by atoms with Gasteiger partial charge in [0.1, 0.15) is 16.5 Å². The van der Waals surface area contributed by atoms with E-state index in [2.05, 4.69) is 4.98 Å². The van der Waals surface area contributed by atoms with Crippen molar-refractivity contribution in [2.45, 2.75) is 12.1 Å². The lowest BCUT2D eigenvalue weighted by molar-refractivity contribution is -0.118. The van der Waals surface area contributed by atoms with Gasteiger partial charge in [-0.05, 0) is 31.2 Å². The van der Waals surface area contributed by atoms with Crippen LogP contribution in [0, 0.1) is 18.6 Å². The van der Waals surface area contributed by atoms with E-state index in [1.165, 1.54) is 40.2 Å². The second kappa shape index (κ2) is 8.58. The van der Waals surface area contributed by atoms with Crippen molar-refractivity contribution in [3.63, 3.8) is 0 Å². The number of rotatable bonds is 5. The number of benzene rings is 2.